The quantitative estimate of drug-likeness (QED) is 0.773. The molecule has 0 bridgehead atoms. The van der Waals surface area contributed by atoms with Crippen LogP contribution in [0.2, 0.25) is 10.0 Å². The van der Waals surface area contributed by atoms with E-state index in [1.165, 1.54) is 18.6 Å². The molecule has 0 aliphatic carbocycles. The third kappa shape index (κ3) is 2.18. The average molecular weight is 254 g/mol. The Morgan fingerprint density at radius 2 is 1.75 bits per heavy atom. The molecule has 0 aromatic carbocycles. The van der Waals surface area contributed by atoms with E-state index in [9.17, 15) is 4.79 Å². The normalized spacial score (nSPS) is 10.1. The first-order chi connectivity index (χ1) is 7.70. The van der Waals surface area contributed by atoms with Crippen LogP contribution in [0, 0.1) is 0 Å². The lowest BCUT2D eigenvalue weighted by Gasteiger charge is -2.01. The highest BCUT2D eigenvalue weighted by Crippen LogP contribution is 2.24. The molecular formula is C10H5Cl2N3O. The first kappa shape index (κ1) is 11.0. The number of carbonyl (C=O) groups is 1. The second kappa shape index (κ2) is 4.55. The minimum Gasteiger partial charge on any atom is -0.298 e. The topological polar surface area (TPSA) is 55.7 Å². The second-order valence-electron chi connectivity index (χ2n) is 2.94. The van der Waals surface area contributed by atoms with Gasteiger partial charge in [-0.2, -0.15) is 0 Å². The maximum atomic E-state index is 10.4. The van der Waals surface area contributed by atoms with Gasteiger partial charge in [0.1, 0.15) is 5.69 Å². The molecule has 2 aromatic heterocycles. The van der Waals surface area contributed by atoms with E-state index in [1.807, 2.05) is 0 Å². The van der Waals surface area contributed by atoms with E-state index < -0.39 is 0 Å². The highest BCUT2D eigenvalue weighted by atomic mass is 35.5. The number of carbonyl (C=O) groups excluding carboxylic acids is 1. The molecule has 80 valence electrons. The summed E-state index contributed by atoms with van der Waals surface area (Å²) in [6.45, 7) is 0. The van der Waals surface area contributed by atoms with Crippen LogP contribution < -0.4 is 0 Å². The van der Waals surface area contributed by atoms with Crippen LogP contribution in [-0.2, 0) is 0 Å². The summed E-state index contributed by atoms with van der Waals surface area (Å²) < 4.78 is 0. The van der Waals surface area contributed by atoms with Crippen molar-refractivity contribution >= 4 is 29.5 Å². The van der Waals surface area contributed by atoms with Gasteiger partial charge in [0.05, 0.1) is 15.6 Å². The molecule has 2 heterocycles. The fourth-order valence-corrected chi connectivity index (χ4v) is 1.56. The Hall–Kier alpha value is -1.52. The fraction of sp³-hybridized carbons (Fsp3) is 0. The summed E-state index contributed by atoms with van der Waals surface area (Å²) in [6, 6.07) is 1.56. The van der Waals surface area contributed by atoms with Crippen LogP contribution in [0.3, 0.4) is 0 Å². The molecule has 0 atom stereocenters. The molecule has 0 unspecified atom stereocenters. The van der Waals surface area contributed by atoms with E-state index in [4.69, 9.17) is 23.2 Å². The molecule has 4 nitrogen and oxygen atoms in total. The van der Waals surface area contributed by atoms with Gasteiger partial charge in [-0.05, 0) is 6.07 Å². The van der Waals surface area contributed by atoms with Gasteiger partial charge >= 0.3 is 0 Å². The van der Waals surface area contributed by atoms with Crippen LogP contribution in [0.4, 0.5) is 0 Å². The molecule has 16 heavy (non-hydrogen) atoms. The first-order valence-corrected chi connectivity index (χ1v) is 5.05. The molecule has 0 amide bonds. The van der Waals surface area contributed by atoms with Crippen LogP contribution in [0.5, 0.6) is 0 Å². The van der Waals surface area contributed by atoms with Crippen LogP contribution in [-0.4, -0.2) is 21.2 Å². The van der Waals surface area contributed by atoms with Gasteiger partial charge in [0.25, 0.3) is 0 Å². The highest BCUT2D eigenvalue weighted by Gasteiger charge is 2.08. The first-order valence-electron chi connectivity index (χ1n) is 4.29. The number of halogens is 2. The van der Waals surface area contributed by atoms with Crippen molar-refractivity contribution in [3.05, 3.63) is 40.3 Å². The summed E-state index contributed by atoms with van der Waals surface area (Å²) >= 11 is 11.7. The van der Waals surface area contributed by atoms with Crippen molar-refractivity contribution in [3.63, 3.8) is 0 Å². The Morgan fingerprint density at radius 3 is 2.31 bits per heavy atom. The van der Waals surface area contributed by atoms with Crippen LogP contribution in [0.1, 0.15) is 10.4 Å². The summed E-state index contributed by atoms with van der Waals surface area (Å²) in [5, 5.41) is 0.810. The summed E-state index contributed by atoms with van der Waals surface area (Å²) in [5.41, 5.74) is 0.831. The largest absolute Gasteiger partial charge is 0.298 e. The molecule has 0 saturated carbocycles. The van der Waals surface area contributed by atoms with E-state index in [2.05, 4.69) is 15.0 Å². The maximum absolute atomic E-state index is 10.4. The molecule has 2 rings (SSSR count). The minimum atomic E-state index is 0.354. The van der Waals surface area contributed by atoms with E-state index in [0.29, 0.717) is 33.4 Å². The molecule has 0 saturated heterocycles. The molecule has 0 aliphatic rings. The standard InChI is InChI=1S/C10H5Cl2N3O/c11-7-1-8(12)9(13-4-7)10-14-2-6(5-16)3-15-10/h1-5H. The summed E-state index contributed by atoms with van der Waals surface area (Å²) in [5.74, 6) is 0.354. The van der Waals surface area contributed by atoms with E-state index in [-0.39, 0.29) is 0 Å². The predicted octanol–water partition coefficient (Wildman–Crippen LogP) is 2.66. The number of hydrogen-bond acceptors (Lipinski definition) is 4. The van der Waals surface area contributed by atoms with Crippen molar-refractivity contribution in [2.75, 3.05) is 0 Å². The maximum Gasteiger partial charge on any atom is 0.179 e. The molecule has 0 fully saturated rings. The lowest BCUT2D eigenvalue weighted by molar-refractivity contribution is 0.112. The van der Waals surface area contributed by atoms with Crippen LogP contribution in [0.25, 0.3) is 11.5 Å². The van der Waals surface area contributed by atoms with E-state index in [0.717, 1.165) is 0 Å². The van der Waals surface area contributed by atoms with Crippen LogP contribution in [0.15, 0.2) is 24.7 Å². The number of nitrogens with zero attached hydrogens (tertiary/aromatic N) is 3. The smallest absolute Gasteiger partial charge is 0.179 e. The SMILES string of the molecule is O=Cc1cnc(-c2ncc(Cl)cc2Cl)nc1. The Morgan fingerprint density at radius 1 is 1.06 bits per heavy atom. The molecule has 6 heteroatoms. The minimum absolute atomic E-state index is 0.354. The van der Waals surface area contributed by atoms with Gasteiger partial charge in [-0.25, -0.2) is 15.0 Å². The van der Waals surface area contributed by atoms with Gasteiger partial charge in [0.15, 0.2) is 12.1 Å². The van der Waals surface area contributed by atoms with Gasteiger partial charge < -0.3 is 0 Å². The van der Waals surface area contributed by atoms with Crippen molar-refractivity contribution in [2.45, 2.75) is 0 Å². The average Bonchev–Trinajstić information content (AvgIpc) is 2.29. The molecule has 0 radical (unpaired) electrons. The monoisotopic (exact) mass is 253 g/mol. The summed E-state index contributed by atoms with van der Waals surface area (Å²) in [7, 11) is 0. The zero-order valence-corrected chi connectivity index (χ0v) is 9.40. The third-order valence-corrected chi connectivity index (χ3v) is 2.32. The lowest BCUT2D eigenvalue weighted by Crippen LogP contribution is -1.94. The number of aldehydes is 1. The Labute approximate surface area is 101 Å². The van der Waals surface area contributed by atoms with Gasteiger partial charge in [-0.15, -0.1) is 0 Å². The Balaban J connectivity index is 2.46. The number of hydrogen-bond donors (Lipinski definition) is 0. The number of aromatic nitrogens is 3. The predicted molar refractivity (Wildman–Crippen MR) is 60.7 cm³/mol. The van der Waals surface area contributed by atoms with Gasteiger partial charge in [0, 0.05) is 18.6 Å². The molecule has 0 spiro atoms. The third-order valence-electron chi connectivity index (χ3n) is 1.83. The molecule has 0 aliphatic heterocycles. The van der Waals surface area contributed by atoms with Crippen molar-refractivity contribution in [1.82, 2.24) is 15.0 Å². The second-order valence-corrected chi connectivity index (χ2v) is 3.79. The van der Waals surface area contributed by atoms with Crippen molar-refractivity contribution < 1.29 is 4.79 Å². The highest BCUT2D eigenvalue weighted by molar-refractivity contribution is 6.35. The Kier molecular flexibility index (Phi) is 3.12. The fourth-order valence-electron chi connectivity index (χ4n) is 1.10. The number of rotatable bonds is 2. The molecular weight excluding hydrogens is 249 g/mol. The summed E-state index contributed by atoms with van der Waals surface area (Å²) in [6.07, 6.45) is 4.93. The zero-order valence-electron chi connectivity index (χ0n) is 7.89. The van der Waals surface area contributed by atoms with E-state index >= 15 is 0 Å². The molecule has 0 N–H and O–H groups in total. The van der Waals surface area contributed by atoms with Gasteiger partial charge in [0.2, 0.25) is 0 Å². The zero-order chi connectivity index (χ0) is 11.5. The van der Waals surface area contributed by atoms with Gasteiger partial charge in [-0.3, -0.25) is 4.79 Å². The van der Waals surface area contributed by atoms with Crippen molar-refractivity contribution in [3.8, 4) is 11.5 Å². The lowest BCUT2D eigenvalue weighted by atomic mass is 10.3. The van der Waals surface area contributed by atoms with Crippen molar-refractivity contribution in [2.24, 2.45) is 0 Å². The van der Waals surface area contributed by atoms with Crippen molar-refractivity contribution in [1.29, 1.82) is 0 Å². The van der Waals surface area contributed by atoms with Gasteiger partial charge in [-0.1, -0.05) is 23.2 Å². The summed E-state index contributed by atoms with van der Waals surface area (Å²) in [4.78, 5) is 22.4. The number of pyridine rings is 1. The Bertz CT molecular complexity index is 528. The van der Waals surface area contributed by atoms with E-state index in [1.54, 1.807) is 6.07 Å². The van der Waals surface area contributed by atoms with Crippen LogP contribution >= 0.6 is 23.2 Å². The molecule has 2 aromatic rings.